The summed E-state index contributed by atoms with van der Waals surface area (Å²) in [6, 6.07) is 6.77. The van der Waals surface area contributed by atoms with Gasteiger partial charge < -0.3 is 20.7 Å². The van der Waals surface area contributed by atoms with Crippen LogP contribution >= 0.6 is 0 Å². The molecule has 3 saturated heterocycles. The van der Waals surface area contributed by atoms with E-state index >= 15 is 0 Å². The number of carbonyl (C=O) groups excluding carboxylic acids is 1. The first-order valence-corrected chi connectivity index (χ1v) is 11.4. The van der Waals surface area contributed by atoms with Crippen LogP contribution in [-0.2, 0) is 4.74 Å². The number of likely N-dealkylation sites (tertiary alicyclic amines) is 2. The van der Waals surface area contributed by atoms with Gasteiger partial charge in [-0.3, -0.25) is 4.90 Å². The molecule has 3 heterocycles. The summed E-state index contributed by atoms with van der Waals surface area (Å²) in [6.07, 6.45) is 5.78. The van der Waals surface area contributed by atoms with E-state index in [0.29, 0.717) is 29.3 Å². The average molecular weight is 441 g/mol. The Hall–Kier alpha value is -2.64. The zero-order valence-corrected chi connectivity index (χ0v) is 18.7. The predicted molar refractivity (Wildman–Crippen MR) is 124 cm³/mol. The third-order valence-electron chi connectivity index (χ3n) is 6.93. The monoisotopic (exact) mass is 440 g/mol. The van der Waals surface area contributed by atoms with Crippen molar-refractivity contribution in [3.63, 3.8) is 0 Å². The highest BCUT2D eigenvalue weighted by atomic mass is 19.1. The molecule has 0 saturated carbocycles. The van der Waals surface area contributed by atoms with Crippen LogP contribution in [0, 0.1) is 17.7 Å². The summed E-state index contributed by atoms with van der Waals surface area (Å²) in [4.78, 5) is 17.2. The number of nitrogens with zero attached hydrogens (tertiary/aromatic N) is 2. The van der Waals surface area contributed by atoms with Crippen molar-refractivity contribution in [1.29, 1.82) is 0 Å². The fourth-order valence-corrected chi connectivity index (χ4v) is 4.95. The Bertz CT molecular complexity index is 891. The molecule has 7 heteroatoms. The van der Waals surface area contributed by atoms with Crippen molar-refractivity contribution in [2.45, 2.75) is 25.8 Å². The first-order chi connectivity index (χ1) is 15.4. The molecule has 0 aromatic heterocycles. The number of carbonyl (C=O) groups is 1. The van der Waals surface area contributed by atoms with Crippen LogP contribution in [0.1, 0.15) is 25.3 Å². The number of benzene rings is 1. The van der Waals surface area contributed by atoms with Gasteiger partial charge in [0, 0.05) is 45.4 Å². The van der Waals surface area contributed by atoms with E-state index in [1.165, 1.54) is 12.1 Å². The molecule has 3 aliphatic rings. The predicted octanol–water partition coefficient (Wildman–Crippen LogP) is 3.34. The molecule has 0 aliphatic carbocycles. The van der Waals surface area contributed by atoms with E-state index in [-0.39, 0.29) is 11.8 Å². The molecule has 0 radical (unpaired) electrons. The fourth-order valence-electron chi connectivity index (χ4n) is 4.95. The molecule has 32 heavy (non-hydrogen) atoms. The van der Waals surface area contributed by atoms with Crippen LogP contribution in [0.4, 0.5) is 9.18 Å². The van der Waals surface area contributed by atoms with E-state index in [9.17, 15) is 9.18 Å². The minimum Gasteiger partial charge on any atom is -0.397 e. The number of rotatable bonds is 5. The van der Waals surface area contributed by atoms with Gasteiger partial charge in [0.05, 0.1) is 11.4 Å². The Morgan fingerprint density at radius 2 is 1.75 bits per heavy atom. The second kappa shape index (κ2) is 9.88. The normalized spacial score (nSPS) is 25.1. The lowest BCUT2D eigenvalue weighted by atomic mass is 10.0. The summed E-state index contributed by atoms with van der Waals surface area (Å²) in [5.41, 5.74) is 8.74. The third kappa shape index (κ3) is 5.22. The molecule has 0 spiro atoms. The molecule has 3 N–H and O–H groups in total. The summed E-state index contributed by atoms with van der Waals surface area (Å²) in [6.45, 7) is 11.2. The van der Waals surface area contributed by atoms with Gasteiger partial charge in [-0.1, -0.05) is 24.8 Å². The number of halogens is 1. The molecule has 6 nitrogen and oxygen atoms in total. The molecule has 2 unspecified atom stereocenters. The average Bonchev–Trinajstić information content (AvgIpc) is 3.38. The first kappa shape index (κ1) is 22.6. The second-order valence-corrected chi connectivity index (χ2v) is 9.11. The molecule has 3 fully saturated rings. The molecule has 4 rings (SSSR count). The van der Waals surface area contributed by atoms with Crippen molar-refractivity contribution < 1.29 is 13.9 Å². The van der Waals surface area contributed by atoms with E-state index in [0.717, 1.165) is 63.4 Å². The molecule has 2 amide bonds. The van der Waals surface area contributed by atoms with Gasteiger partial charge in [0.1, 0.15) is 5.82 Å². The van der Waals surface area contributed by atoms with Crippen molar-refractivity contribution in [2.24, 2.45) is 17.6 Å². The van der Waals surface area contributed by atoms with Gasteiger partial charge in [-0.15, -0.1) is 0 Å². The van der Waals surface area contributed by atoms with E-state index in [2.05, 4.69) is 16.8 Å². The van der Waals surface area contributed by atoms with Crippen LogP contribution in [0.15, 0.2) is 54.4 Å². The Labute approximate surface area is 189 Å². The summed E-state index contributed by atoms with van der Waals surface area (Å²) >= 11 is 0. The van der Waals surface area contributed by atoms with E-state index in [1.54, 1.807) is 18.2 Å². The second-order valence-electron chi connectivity index (χ2n) is 9.11. The zero-order valence-electron chi connectivity index (χ0n) is 18.7. The standard InChI is InChI=1S/C25H33FN4O2/c1-17(19-4-6-22(26)7-5-19)3-8-24(27)18(2)28-25(31)30-15-20-13-29(14-21(20)16-30)23-9-11-32-12-10-23/h3-8,20-21,23H,2,9-16,27H2,1H3,(H,28,31)/b17-3+,24-8+. The Kier molecular flexibility index (Phi) is 6.96. The zero-order chi connectivity index (χ0) is 22.7. The number of allylic oxidation sites excluding steroid dienone is 3. The molecule has 0 bridgehead atoms. The minimum atomic E-state index is -0.268. The molecule has 172 valence electrons. The number of fused-ring (bicyclic) bond motifs is 1. The Balaban J connectivity index is 1.27. The number of nitrogens with two attached hydrogens (primary N) is 1. The van der Waals surface area contributed by atoms with Crippen LogP contribution in [0.25, 0.3) is 5.57 Å². The number of hydrogen-bond donors (Lipinski definition) is 2. The molecule has 1 aromatic carbocycles. The number of ether oxygens (including phenoxy) is 1. The number of amides is 2. The van der Waals surface area contributed by atoms with Crippen molar-refractivity contribution >= 4 is 11.6 Å². The fraction of sp³-hybridized carbons (Fsp3) is 0.480. The highest BCUT2D eigenvalue weighted by Crippen LogP contribution is 2.34. The molecular formula is C25H33FN4O2. The van der Waals surface area contributed by atoms with Crippen molar-refractivity contribution in [3.8, 4) is 0 Å². The molecule has 3 aliphatic heterocycles. The number of urea groups is 1. The van der Waals surface area contributed by atoms with E-state index in [1.807, 2.05) is 17.9 Å². The van der Waals surface area contributed by atoms with Gasteiger partial charge in [0.15, 0.2) is 0 Å². The highest BCUT2D eigenvalue weighted by Gasteiger charge is 2.43. The van der Waals surface area contributed by atoms with Gasteiger partial charge in [0.2, 0.25) is 0 Å². The van der Waals surface area contributed by atoms with E-state index in [4.69, 9.17) is 10.5 Å². The van der Waals surface area contributed by atoms with Crippen LogP contribution in [0.3, 0.4) is 0 Å². The highest BCUT2D eigenvalue weighted by molar-refractivity contribution is 5.77. The van der Waals surface area contributed by atoms with Gasteiger partial charge >= 0.3 is 6.03 Å². The van der Waals surface area contributed by atoms with Crippen LogP contribution < -0.4 is 11.1 Å². The summed E-state index contributed by atoms with van der Waals surface area (Å²) in [5, 5.41) is 2.85. The number of hydrogen-bond acceptors (Lipinski definition) is 4. The lowest BCUT2D eigenvalue weighted by Crippen LogP contribution is -2.43. The van der Waals surface area contributed by atoms with Gasteiger partial charge in [0.25, 0.3) is 0 Å². The van der Waals surface area contributed by atoms with Gasteiger partial charge in [-0.2, -0.15) is 0 Å². The van der Waals surface area contributed by atoms with Crippen molar-refractivity contribution in [2.75, 3.05) is 39.4 Å². The third-order valence-corrected chi connectivity index (χ3v) is 6.93. The SMILES string of the molecule is C=C(NC(=O)N1CC2CN(C3CCOCC3)CC2C1)/C(N)=C\C=C(/C)c1ccc(F)cc1. The van der Waals surface area contributed by atoms with Crippen molar-refractivity contribution in [1.82, 2.24) is 15.1 Å². The topological polar surface area (TPSA) is 70.8 Å². The van der Waals surface area contributed by atoms with E-state index < -0.39 is 0 Å². The molecule has 1 aromatic rings. The number of nitrogens with one attached hydrogen (secondary N) is 1. The van der Waals surface area contributed by atoms with Crippen LogP contribution in [0.5, 0.6) is 0 Å². The van der Waals surface area contributed by atoms with Crippen LogP contribution in [-0.4, -0.2) is 61.3 Å². The maximum atomic E-state index is 13.1. The maximum absolute atomic E-state index is 13.1. The van der Waals surface area contributed by atoms with Gasteiger partial charge in [-0.25, -0.2) is 9.18 Å². The largest absolute Gasteiger partial charge is 0.397 e. The molecule has 2 atom stereocenters. The summed E-state index contributed by atoms with van der Waals surface area (Å²) in [7, 11) is 0. The lowest BCUT2D eigenvalue weighted by Gasteiger charge is -2.32. The lowest BCUT2D eigenvalue weighted by molar-refractivity contribution is 0.0390. The maximum Gasteiger partial charge on any atom is 0.321 e. The minimum absolute atomic E-state index is 0.141. The van der Waals surface area contributed by atoms with Gasteiger partial charge in [-0.05, 0) is 60.9 Å². The van der Waals surface area contributed by atoms with Crippen molar-refractivity contribution in [3.05, 3.63) is 65.8 Å². The summed E-state index contributed by atoms with van der Waals surface area (Å²) < 4.78 is 18.6. The van der Waals surface area contributed by atoms with Crippen LogP contribution in [0.2, 0.25) is 0 Å². The first-order valence-electron chi connectivity index (χ1n) is 11.4. The smallest absolute Gasteiger partial charge is 0.321 e. The summed E-state index contributed by atoms with van der Waals surface area (Å²) in [5.74, 6) is 0.798. The quantitative estimate of drug-likeness (QED) is 0.689. The molecular weight excluding hydrogens is 407 g/mol. The Morgan fingerprint density at radius 3 is 2.38 bits per heavy atom. The Morgan fingerprint density at radius 1 is 1.12 bits per heavy atom.